The molecule has 19 heavy (non-hydrogen) atoms. The quantitative estimate of drug-likeness (QED) is 0.726. The van der Waals surface area contributed by atoms with Gasteiger partial charge in [0, 0.05) is 23.8 Å². The van der Waals surface area contributed by atoms with Gasteiger partial charge in [0.05, 0.1) is 0 Å². The first-order valence-electron chi connectivity index (χ1n) is 7.50. The molecule has 0 N–H and O–H groups in total. The van der Waals surface area contributed by atoms with Gasteiger partial charge in [-0.15, -0.1) is 0 Å². The monoisotopic (exact) mass is 253 g/mol. The Labute approximate surface area is 116 Å². The first-order chi connectivity index (χ1) is 9.27. The van der Waals surface area contributed by atoms with Crippen molar-refractivity contribution >= 4 is 5.69 Å². The van der Waals surface area contributed by atoms with Crippen LogP contribution in [0.3, 0.4) is 0 Å². The van der Waals surface area contributed by atoms with Gasteiger partial charge in [0.25, 0.3) is 0 Å². The predicted molar refractivity (Wildman–Crippen MR) is 82.4 cm³/mol. The first-order valence-corrected chi connectivity index (χ1v) is 7.50. The summed E-state index contributed by atoms with van der Waals surface area (Å²) in [7, 11) is 0. The second-order valence-electron chi connectivity index (χ2n) is 5.96. The van der Waals surface area contributed by atoms with Crippen LogP contribution in [0.5, 0.6) is 0 Å². The molecule has 1 aliphatic carbocycles. The normalized spacial score (nSPS) is 22.4. The highest BCUT2D eigenvalue weighted by molar-refractivity contribution is 5.60. The lowest BCUT2D eigenvalue weighted by molar-refractivity contribution is 0.475. The molecular formula is C18H23N. The zero-order valence-electron chi connectivity index (χ0n) is 12.0. The number of para-hydroxylation sites is 1. The summed E-state index contributed by atoms with van der Waals surface area (Å²) in [6.07, 6.45) is 10.7. The van der Waals surface area contributed by atoms with E-state index in [0.717, 1.165) is 5.92 Å². The fourth-order valence-corrected chi connectivity index (χ4v) is 3.35. The van der Waals surface area contributed by atoms with Crippen LogP contribution in [0.1, 0.15) is 44.6 Å². The Morgan fingerprint density at radius 2 is 2.05 bits per heavy atom. The zero-order valence-corrected chi connectivity index (χ0v) is 12.0. The third-order valence-electron chi connectivity index (χ3n) is 4.34. The fourth-order valence-electron chi connectivity index (χ4n) is 3.35. The minimum Gasteiger partial charge on any atom is -0.345 e. The van der Waals surface area contributed by atoms with Gasteiger partial charge >= 0.3 is 0 Å². The number of rotatable bonds is 2. The van der Waals surface area contributed by atoms with Gasteiger partial charge in [0.15, 0.2) is 0 Å². The Bertz CT molecular complexity index is 510. The summed E-state index contributed by atoms with van der Waals surface area (Å²) >= 11 is 0. The first kappa shape index (κ1) is 12.5. The molecule has 0 saturated carbocycles. The molecule has 0 amide bonds. The third kappa shape index (κ3) is 2.34. The molecule has 0 bridgehead atoms. The van der Waals surface area contributed by atoms with Gasteiger partial charge in [-0.2, -0.15) is 0 Å². The number of benzene rings is 1. The van der Waals surface area contributed by atoms with Crippen molar-refractivity contribution in [2.24, 2.45) is 5.92 Å². The largest absolute Gasteiger partial charge is 0.345 e. The SMILES string of the molecule is CC(C)c1ccccc1N1CCCC2CC=CC=C21. The van der Waals surface area contributed by atoms with E-state index in [1.807, 2.05) is 0 Å². The van der Waals surface area contributed by atoms with Crippen molar-refractivity contribution in [3.8, 4) is 0 Å². The highest BCUT2D eigenvalue weighted by Gasteiger charge is 2.27. The average Bonchev–Trinajstić information content (AvgIpc) is 2.46. The molecule has 2 aliphatic rings. The summed E-state index contributed by atoms with van der Waals surface area (Å²) < 4.78 is 0. The number of hydrogen-bond donors (Lipinski definition) is 0. The zero-order chi connectivity index (χ0) is 13.2. The van der Waals surface area contributed by atoms with E-state index in [-0.39, 0.29) is 0 Å². The Morgan fingerprint density at radius 3 is 2.89 bits per heavy atom. The van der Waals surface area contributed by atoms with Crippen LogP contribution in [-0.4, -0.2) is 6.54 Å². The van der Waals surface area contributed by atoms with E-state index in [9.17, 15) is 0 Å². The van der Waals surface area contributed by atoms with Crippen molar-refractivity contribution in [1.29, 1.82) is 0 Å². The number of allylic oxidation sites excluding steroid dienone is 4. The van der Waals surface area contributed by atoms with Crippen LogP contribution in [-0.2, 0) is 0 Å². The molecule has 1 heteroatoms. The van der Waals surface area contributed by atoms with Gasteiger partial charge in [0.2, 0.25) is 0 Å². The molecule has 1 heterocycles. The van der Waals surface area contributed by atoms with Crippen molar-refractivity contribution in [2.75, 3.05) is 11.4 Å². The lowest BCUT2D eigenvalue weighted by Gasteiger charge is -2.39. The molecule has 1 unspecified atom stereocenters. The molecule has 0 aromatic heterocycles. The van der Waals surface area contributed by atoms with Crippen LogP contribution < -0.4 is 4.90 Å². The molecule has 1 saturated heterocycles. The average molecular weight is 253 g/mol. The highest BCUT2D eigenvalue weighted by Crippen LogP contribution is 2.38. The summed E-state index contributed by atoms with van der Waals surface area (Å²) in [6.45, 7) is 5.74. The molecule has 1 aliphatic heterocycles. The number of hydrogen-bond acceptors (Lipinski definition) is 1. The van der Waals surface area contributed by atoms with Crippen LogP contribution in [0.25, 0.3) is 0 Å². The summed E-state index contributed by atoms with van der Waals surface area (Å²) in [5.41, 5.74) is 4.42. The smallest absolute Gasteiger partial charge is 0.0443 e. The van der Waals surface area contributed by atoms with E-state index in [0.29, 0.717) is 5.92 Å². The molecule has 3 rings (SSSR count). The molecule has 1 fully saturated rings. The van der Waals surface area contributed by atoms with Crippen molar-refractivity contribution in [3.63, 3.8) is 0 Å². The maximum atomic E-state index is 2.56. The Morgan fingerprint density at radius 1 is 1.21 bits per heavy atom. The molecule has 0 radical (unpaired) electrons. The molecule has 1 aromatic carbocycles. The second-order valence-corrected chi connectivity index (χ2v) is 5.96. The summed E-state index contributed by atoms with van der Waals surface area (Å²) in [4.78, 5) is 2.56. The van der Waals surface area contributed by atoms with E-state index < -0.39 is 0 Å². The maximum Gasteiger partial charge on any atom is 0.0443 e. The minimum atomic E-state index is 0.580. The third-order valence-corrected chi connectivity index (χ3v) is 4.34. The summed E-state index contributed by atoms with van der Waals surface area (Å²) in [5, 5.41) is 0. The second kappa shape index (κ2) is 5.24. The van der Waals surface area contributed by atoms with Gasteiger partial charge in [-0.1, -0.05) is 44.2 Å². The van der Waals surface area contributed by atoms with Crippen molar-refractivity contribution in [1.82, 2.24) is 0 Å². The predicted octanol–water partition coefficient (Wildman–Crippen LogP) is 4.87. The van der Waals surface area contributed by atoms with Gasteiger partial charge in [-0.25, -0.2) is 0 Å². The molecule has 1 aromatic rings. The lowest BCUT2D eigenvalue weighted by Crippen LogP contribution is -2.34. The van der Waals surface area contributed by atoms with Crippen molar-refractivity contribution in [3.05, 3.63) is 53.8 Å². The fraction of sp³-hybridized carbons (Fsp3) is 0.444. The lowest BCUT2D eigenvalue weighted by atomic mass is 9.87. The number of nitrogens with zero attached hydrogens (tertiary/aromatic N) is 1. The van der Waals surface area contributed by atoms with Crippen LogP contribution in [0, 0.1) is 5.92 Å². The molecule has 100 valence electrons. The van der Waals surface area contributed by atoms with Crippen LogP contribution in [0.4, 0.5) is 5.69 Å². The highest BCUT2D eigenvalue weighted by atomic mass is 15.2. The van der Waals surface area contributed by atoms with Gasteiger partial charge in [0.1, 0.15) is 0 Å². The molecule has 1 nitrogen and oxygen atoms in total. The maximum absolute atomic E-state index is 2.56. The van der Waals surface area contributed by atoms with E-state index in [2.05, 4.69) is 61.2 Å². The standard InChI is InChI=1S/C18H23N/c1-14(2)16-10-4-6-12-18(16)19-13-7-9-15-8-3-5-11-17(15)19/h3-6,10-12,14-15H,7-9,13H2,1-2H3. The van der Waals surface area contributed by atoms with E-state index in [1.165, 1.54) is 42.8 Å². The Balaban J connectivity index is 2.01. The van der Waals surface area contributed by atoms with E-state index in [1.54, 1.807) is 0 Å². The van der Waals surface area contributed by atoms with Crippen molar-refractivity contribution in [2.45, 2.75) is 39.0 Å². The Kier molecular flexibility index (Phi) is 3.46. The topological polar surface area (TPSA) is 3.24 Å². The number of fused-ring (bicyclic) bond motifs is 1. The minimum absolute atomic E-state index is 0.580. The summed E-state index contributed by atoms with van der Waals surface area (Å²) in [6, 6.07) is 8.90. The molecular weight excluding hydrogens is 230 g/mol. The van der Waals surface area contributed by atoms with Crippen LogP contribution >= 0.6 is 0 Å². The van der Waals surface area contributed by atoms with Gasteiger partial charge in [-0.05, 0) is 42.9 Å². The van der Waals surface area contributed by atoms with E-state index >= 15 is 0 Å². The molecule has 0 spiro atoms. The van der Waals surface area contributed by atoms with Crippen molar-refractivity contribution < 1.29 is 0 Å². The number of anilines is 1. The summed E-state index contributed by atoms with van der Waals surface area (Å²) in [5.74, 6) is 1.32. The van der Waals surface area contributed by atoms with Gasteiger partial charge in [-0.3, -0.25) is 0 Å². The van der Waals surface area contributed by atoms with Crippen LogP contribution in [0.15, 0.2) is 48.2 Å². The number of piperidine rings is 1. The molecule has 1 atom stereocenters. The Hall–Kier alpha value is -1.50. The van der Waals surface area contributed by atoms with Gasteiger partial charge < -0.3 is 4.90 Å². The van der Waals surface area contributed by atoms with E-state index in [4.69, 9.17) is 0 Å². The van der Waals surface area contributed by atoms with Crippen LogP contribution in [0.2, 0.25) is 0 Å².